The van der Waals surface area contributed by atoms with E-state index in [-0.39, 0.29) is 0 Å². The summed E-state index contributed by atoms with van der Waals surface area (Å²) in [6.45, 7) is 0. The molecule has 3 rings (SSSR count). The number of benzene rings is 1. The molecule has 0 aliphatic heterocycles. The summed E-state index contributed by atoms with van der Waals surface area (Å²) >= 11 is 6.00. The van der Waals surface area contributed by atoms with E-state index in [1.165, 1.54) is 0 Å². The van der Waals surface area contributed by atoms with E-state index in [1.54, 1.807) is 19.2 Å². The molecule has 1 aliphatic rings. The molecular formula is C12H12ClN3O2. The minimum Gasteiger partial charge on any atom is -0.496 e. The van der Waals surface area contributed by atoms with Gasteiger partial charge in [-0.1, -0.05) is 16.8 Å². The molecule has 0 amide bonds. The van der Waals surface area contributed by atoms with Crippen LogP contribution in [0.5, 0.6) is 5.75 Å². The van der Waals surface area contributed by atoms with E-state index in [0.29, 0.717) is 33.8 Å². The molecule has 0 saturated heterocycles. The lowest BCUT2D eigenvalue weighted by Gasteiger charge is -2.07. The first kappa shape index (κ1) is 11.3. The van der Waals surface area contributed by atoms with Gasteiger partial charge in [-0.2, -0.15) is 4.98 Å². The van der Waals surface area contributed by atoms with Gasteiger partial charge in [-0.3, -0.25) is 0 Å². The van der Waals surface area contributed by atoms with Crippen LogP contribution in [0.1, 0.15) is 24.6 Å². The second-order valence-electron chi connectivity index (χ2n) is 4.31. The third-order valence-corrected chi connectivity index (χ3v) is 3.26. The molecule has 94 valence electrons. The van der Waals surface area contributed by atoms with Crippen LogP contribution in [0.2, 0.25) is 5.02 Å². The quantitative estimate of drug-likeness (QED) is 0.864. The van der Waals surface area contributed by atoms with E-state index in [9.17, 15) is 0 Å². The number of halogens is 1. The first-order chi connectivity index (χ1) is 8.69. The van der Waals surface area contributed by atoms with E-state index in [4.69, 9.17) is 26.6 Å². The molecule has 0 bridgehead atoms. The van der Waals surface area contributed by atoms with Gasteiger partial charge < -0.3 is 15.0 Å². The molecule has 18 heavy (non-hydrogen) atoms. The predicted octanol–water partition coefficient (Wildman–Crippen LogP) is 2.86. The highest BCUT2D eigenvalue weighted by molar-refractivity contribution is 6.33. The van der Waals surface area contributed by atoms with Gasteiger partial charge in [-0.25, -0.2) is 0 Å². The van der Waals surface area contributed by atoms with Gasteiger partial charge in [0.15, 0.2) is 5.82 Å². The Morgan fingerprint density at radius 1 is 1.44 bits per heavy atom. The fraction of sp³-hybridized carbons (Fsp3) is 0.333. The van der Waals surface area contributed by atoms with Crippen molar-refractivity contribution < 1.29 is 9.26 Å². The second kappa shape index (κ2) is 4.17. The van der Waals surface area contributed by atoms with Crippen molar-refractivity contribution in [3.05, 3.63) is 23.0 Å². The number of anilines is 1. The molecule has 2 aromatic rings. The zero-order valence-electron chi connectivity index (χ0n) is 9.81. The largest absolute Gasteiger partial charge is 0.496 e. The van der Waals surface area contributed by atoms with Crippen LogP contribution in [0.4, 0.5) is 5.69 Å². The van der Waals surface area contributed by atoms with Crippen molar-refractivity contribution in [3.63, 3.8) is 0 Å². The van der Waals surface area contributed by atoms with Gasteiger partial charge in [0.1, 0.15) is 5.75 Å². The van der Waals surface area contributed by atoms with Crippen LogP contribution in [0, 0.1) is 0 Å². The molecule has 1 aromatic heterocycles. The molecule has 1 heterocycles. The average molecular weight is 266 g/mol. The van der Waals surface area contributed by atoms with Gasteiger partial charge in [0, 0.05) is 12.0 Å². The fourth-order valence-corrected chi connectivity index (χ4v) is 1.92. The lowest BCUT2D eigenvalue weighted by atomic mass is 10.2. The summed E-state index contributed by atoms with van der Waals surface area (Å²) in [6, 6.07) is 3.33. The van der Waals surface area contributed by atoms with Gasteiger partial charge in [0.25, 0.3) is 5.89 Å². The van der Waals surface area contributed by atoms with Crippen LogP contribution in [0.15, 0.2) is 16.7 Å². The van der Waals surface area contributed by atoms with E-state index in [2.05, 4.69) is 10.1 Å². The predicted molar refractivity (Wildman–Crippen MR) is 67.7 cm³/mol. The molecule has 1 saturated carbocycles. The van der Waals surface area contributed by atoms with Crippen LogP contribution in [0.25, 0.3) is 11.5 Å². The molecule has 0 radical (unpaired) electrons. The topological polar surface area (TPSA) is 74.2 Å². The van der Waals surface area contributed by atoms with Gasteiger partial charge >= 0.3 is 0 Å². The zero-order chi connectivity index (χ0) is 12.7. The summed E-state index contributed by atoms with van der Waals surface area (Å²) in [7, 11) is 1.56. The molecule has 0 unspecified atom stereocenters. The SMILES string of the molecule is COc1cc(N)c(Cl)cc1-c1nc(C2CC2)no1. The van der Waals surface area contributed by atoms with Crippen LogP contribution in [-0.2, 0) is 0 Å². The molecule has 1 aliphatic carbocycles. The number of hydrogen-bond acceptors (Lipinski definition) is 5. The Morgan fingerprint density at radius 3 is 2.89 bits per heavy atom. The number of rotatable bonds is 3. The maximum absolute atomic E-state index is 6.00. The summed E-state index contributed by atoms with van der Waals surface area (Å²) in [6.07, 6.45) is 2.25. The fourth-order valence-electron chi connectivity index (χ4n) is 1.76. The van der Waals surface area contributed by atoms with Crippen molar-refractivity contribution in [2.24, 2.45) is 0 Å². The Kier molecular flexibility index (Phi) is 2.63. The average Bonchev–Trinajstić information content (AvgIpc) is 3.10. The molecule has 6 heteroatoms. The minimum atomic E-state index is 0.413. The smallest absolute Gasteiger partial charge is 0.261 e. The Labute approximate surface area is 109 Å². The Bertz CT molecular complexity index is 593. The lowest BCUT2D eigenvalue weighted by molar-refractivity contribution is 0.403. The zero-order valence-corrected chi connectivity index (χ0v) is 10.6. The number of nitrogens with two attached hydrogens (primary N) is 1. The van der Waals surface area contributed by atoms with Crippen LogP contribution in [0.3, 0.4) is 0 Å². The maximum Gasteiger partial charge on any atom is 0.261 e. The molecule has 1 aromatic carbocycles. The van der Waals surface area contributed by atoms with Gasteiger partial charge in [0.05, 0.1) is 23.4 Å². The highest BCUT2D eigenvalue weighted by atomic mass is 35.5. The third kappa shape index (κ3) is 1.90. The van der Waals surface area contributed by atoms with E-state index in [1.807, 2.05) is 0 Å². The molecule has 5 nitrogen and oxygen atoms in total. The van der Waals surface area contributed by atoms with E-state index >= 15 is 0 Å². The minimum absolute atomic E-state index is 0.413. The lowest BCUT2D eigenvalue weighted by Crippen LogP contribution is -1.93. The highest BCUT2D eigenvalue weighted by Crippen LogP contribution is 2.40. The molecule has 2 N–H and O–H groups in total. The Morgan fingerprint density at radius 2 is 2.22 bits per heavy atom. The number of nitrogens with zero attached hydrogens (tertiary/aromatic N) is 2. The number of hydrogen-bond donors (Lipinski definition) is 1. The number of ether oxygens (including phenoxy) is 1. The van der Waals surface area contributed by atoms with Crippen molar-refractivity contribution in [1.82, 2.24) is 10.1 Å². The number of methoxy groups -OCH3 is 1. The standard InChI is InChI=1S/C12H12ClN3O2/c1-17-10-5-9(14)8(13)4-7(10)12-15-11(16-18-12)6-2-3-6/h4-6H,2-3,14H2,1H3. The third-order valence-electron chi connectivity index (χ3n) is 2.93. The van der Waals surface area contributed by atoms with Crippen molar-refractivity contribution in [2.75, 3.05) is 12.8 Å². The van der Waals surface area contributed by atoms with Crippen molar-refractivity contribution in [1.29, 1.82) is 0 Å². The molecule has 0 spiro atoms. The van der Waals surface area contributed by atoms with Crippen molar-refractivity contribution >= 4 is 17.3 Å². The van der Waals surface area contributed by atoms with Crippen molar-refractivity contribution in [3.8, 4) is 17.2 Å². The van der Waals surface area contributed by atoms with Gasteiger partial charge in [0.2, 0.25) is 0 Å². The number of aromatic nitrogens is 2. The normalized spacial score (nSPS) is 14.8. The molecule has 1 fully saturated rings. The molecular weight excluding hydrogens is 254 g/mol. The second-order valence-corrected chi connectivity index (χ2v) is 4.71. The van der Waals surface area contributed by atoms with Crippen LogP contribution < -0.4 is 10.5 Å². The Hall–Kier alpha value is -1.75. The first-order valence-electron chi connectivity index (χ1n) is 5.66. The van der Waals surface area contributed by atoms with E-state index < -0.39 is 0 Å². The van der Waals surface area contributed by atoms with E-state index in [0.717, 1.165) is 18.7 Å². The summed E-state index contributed by atoms with van der Waals surface area (Å²) < 4.78 is 10.5. The van der Waals surface area contributed by atoms with Crippen LogP contribution in [-0.4, -0.2) is 17.3 Å². The highest BCUT2D eigenvalue weighted by Gasteiger charge is 2.29. The number of nitrogen functional groups attached to an aromatic ring is 1. The van der Waals surface area contributed by atoms with Crippen LogP contribution >= 0.6 is 11.6 Å². The summed E-state index contributed by atoms with van der Waals surface area (Å²) in [5.41, 5.74) is 6.85. The Balaban J connectivity index is 2.05. The van der Waals surface area contributed by atoms with Gasteiger partial charge in [-0.05, 0) is 18.9 Å². The summed E-state index contributed by atoms with van der Waals surface area (Å²) in [5, 5.41) is 4.41. The van der Waals surface area contributed by atoms with Gasteiger partial charge in [-0.15, -0.1) is 0 Å². The monoisotopic (exact) mass is 265 g/mol. The maximum atomic E-state index is 6.00. The summed E-state index contributed by atoms with van der Waals surface area (Å²) in [4.78, 5) is 4.36. The first-order valence-corrected chi connectivity index (χ1v) is 6.04. The summed E-state index contributed by atoms with van der Waals surface area (Å²) in [5.74, 6) is 2.18. The molecule has 0 atom stereocenters. The van der Waals surface area contributed by atoms with Crippen molar-refractivity contribution in [2.45, 2.75) is 18.8 Å².